The maximum absolute atomic E-state index is 11.6. The van der Waals surface area contributed by atoms with Crippen LogP contribution in [-0.2, 0) is 14.3 Å². The summed E-state index contributed by atoms with van der Waals surface area (Å²) in [7, 11) is 0. The SMILES string of the molecule is CCOC(=O)CCCNC(=O)CCC1CCCCC1. The summed E-state index contributed by atoms with van der Waals surface area (Å²) in [4.78, 5) is 22.7. The molecule has 0 unspecified atom stereocenters. The van der Waals surface area contributed by atoms with Gasteiger partial charge >= 0.3 is 5.97 Å². The Hall–Kier alpha value is -1.06. The Morgan fingerprint density at radius 2 is 1.89 bits per heavy atom. The van der Waals surface area contributed by atoms with E-state index in [0.29, 0.717) is 32.4 Å². The van der Waals surface area contributed by atoms with Crippen molar-refractivity contribution in [2.45, 2.75) is 64.7 Å². The highest BCUT2D eigenvalue weighted by molar-refractivity contribution is 5.76. The minimum atomic E-state index is -0.182. The molecule has 0 aromatic heterocycles. The molecule has 19 heavy (non-hydrogen) atoms. The third-order valence-electron chi connectivity index (χ3n) is 3.69. The molecule has 0 aromatic carbocycles. The number of nitrogens with one attached hydrogen (secondary N) is 1. The molecular formula is C15H27NO3. The van der Waals surface area contributed by atoms with E-state index in [2.05, 4.69) is 5.32 Å². The molecule has 4 heteroatoms. The van der Waals surface area contributed by atoms with E-state index in [-0.39, 0.29) is 11.9 Å². The standard InChI is InChI=1S/C15H27NO3/c1-2-19-15(18)9-6-12-16-14(17)11-10-13-7-4-3-5-8-13/h13H,2-12H2,1H3,(H,16,17). The van der Waals surface area contributed by atoms with Crippen LogP contribution in [0.3, 0.4) is 0 Å². The van der Waals surface area contributed by atoms with Gasteiger partial charge in [0.25, 0.3) is 0 Å². The number of rotatable bonds is 8. The number of hydrogen-bond donors (Lipinski definition) is 1. The van der Waals surface area contributed by atoms with Gasteiger partial charge in [0, 0.05) is 19.4 Å². The van der Waals surface area contributed by atoms with Crippen molar-refractivity contribution >= 4 is 11.9 Å². The highest BCUT2D eigenvalue weighted by atomic mass is 16.5. The van der Waals surface area contributed by atoms with Gasteiger partial charge in [0.1, 0.15) is 0 Å². The quantitative estimate of drug-likeness (QED) is 0.544. The van der Waals surface area contributed by atoms with E-state index in [0.717, 1.165) is 12.3 Å². The first-order chi connectivity index (χ1) is 9.22. The predicted octanol–water partition coefficient (Wildman–Crippen LogP) is 2.81. The van der Waals surface area contributed by atoms with Gasteiger partial charge in [-0.2, -0.15) is 0 Å². The van der Waals surface area contributed by atoms with E-state index < -0.39 is 0 Å². The van der Waals surface area contributed by atoms with Crippen molar-refractivity contribution < 1.29 is 14.3 Å². The molecule has 0 heterocycles. The molecular weight excluding hydrogens is 242 g/mol. The molecule has 1 N–H and O–H groups in total. The van der Waals surface area contributed by atoms with Crippen LogP contribution in [0.2, 0.25) is 0 Å². The first-order valence-electron chi connectivity index (χ1n) is 7.64. The van der Waals surface area contributed by atoms with E-state index in [1.165, 1.54) is 32.1 Å². The third-order valence-corrected chi connectivity index (χ3v) is 3.69. The van der Waals surface area contributed by atoms with E-state index in [1.54, 1.807) is 6.92 Å². The molecule has 1 fully saturated rings. The van der Waals surface area contributed by atoms with Gasteiger partial charge in [-0.25, -0.2) is 0 Å². The summed E-state index contributed by atoms with van der Waals surface area (Å²) in [5, 5.41) is 2.87. The smallest absolute Gasteiger partial charge is 0.305 e. The average Bonchev–Trinajstić information content (AvgIpc) is 2.43. The van der Waals surface area contributed by atoms with E-state index in [9.17, 15) is 9.59 Å². The second-order valence-electron chi connectivity index (χ2n) is 5.30. The first kappa shape index (κ1) is 16.0. The fourth-order valence-corrected chi connectivity index (χ4v) is 2.59. The van der Waals surface area contributed by atoms with E-state index in [1.807, 2.05) is 0 Å². The molecule has 4 nitrogen and oxygen atoms in total. The minimum absolute atomic E-state index is 0.120. The zero-order chi connectivity index (χ0) is 13.9. The van der Waals surface area contributed by atoms with Gasteiger partial charge in [-0.3, -0.25) is 9.59 Å². The largest absolute Gasteiger partial charge is 0.466 e. The second kappa shape index (κ2) is 9.82. The molecule has 0 aromatic rings. The minimum Gasteiger partial charge on any atom is -0.466 e. The molecule has 0 saturated heterocycles. The summed E-state index contributed by atoms with van der Waals surface area (Å²) < 4.78 is 4.82. The lowest BCUT2D eigenvalue weighted by Crippen LogP contribution is -2.25. The zero-order valence-electron chi connectivity index (χ0n) is 12.1. The lowest BCUT2D eigenvalue weighted by molar-refractivity contribution is -0.143. The maximum Gasteiger partial charge on any atom is 0.305 e. The fraction of sp³-hybridized carbons (Fsp3) is 0.867. The van der Waals surface area contributed by atoms with Gasteiger partial charge in [-0.1, -0.05) is 32.1 Å². The monoisotopic (exact) mass is 269 g/mol. The van der Waals surface area contributed by atoms with Crippen LogP contribution in [0.15, 0.2) is 0 Å². The van der Waals surface area contributed by atoms with Crippen LogP contribution in [0.1, 0.15) is 64.7 Å². The van der Waals surface area contributed by atoms with Crippen molar-refractivity contribution in [2.24, 2.45) is 5.92 Å². The number of carbonyl (C=O) groups is 2. The van der Waals surface area contributed by atoms with Crippen molar-refractivity contribution in [3.05, 3.63) is 0 Å². The zero-order valence-corrected chi connectivity index (χ0v) is 12.1. The first-order valence-corrected chi connectivity index (χ1v) is 7.64. The maximum atomic E-state index is 11.6. The van der Waals surface area contributed by atoms with Crippen LogP contribution >= 0.6 is 0 Å². The van der Waals surface area contributed by atoms with Crippen LogP contribution in [0.5, 0.6) is 0 Å². The Morgan fingerprint density at radius 3 is 2.58 bits per heavy atom. The van der Waals surface area contributed by atoms with Gasteiger partial charge < -0.3 is 10.1 Å². The van der Waals surface area contributed by atoms with Crippen LogP contribution in [-0.4, -0.2) is 25.0 Å². The summed E-state index contributed by atoms with van der Waals surface area (Å²) in [6.07, 6.45) is 9.28. The third kappa shape index (κ3) is 7.85. The Kier molecular flexibility index (Phi) is 8.26. The van der Waals surface area contributed by atoms with Gasteiger partial charge in [-0.05, 0) is 25.7 Å². The molecule has 0 bridgehead atoms. The van der Waals surface area contributed by atoms with Crippen molar-refractivity contribution in [3.63, 3.8) is 0 Å². The molecule has 1 saturated carbocycles. The Morgan fingerprint density at radius 1 is 1.16 bits per heavy atom. The lowest BCUT2D eigenvalue weighted by atomic mass is 9.86. The molecule has 0 spiro atoms. The van der Waals surface area contributed by atoms with Crippen molar-refractivity contribution in [3.8, 4) is 0 Å². The second-order valence-corrected chi connectivity index (χ2v) is 5.30. The van der Waals surface area contributed by atoms with Crippen LogP contribution < -0.4 is 5.32 Å². The highest BCUT2D eigenvalue weighted by Gasteiger charge is 2.14. The van der Waals surface area contributed by atoms with Crippen LogP contribution in [0.25, 0.3) is 0 Å². The Bertz CT molecular complexity index is 273. The number of carbonyl (C=O) groups excluding carboxylic acids is 2. The van der Waals surface area contributed by atoms with Gasteiger partial charge in [0.2, 0.25) is 5.91 Å². The lowest BCUT2D eigenvalue weighted by Gasteiger charge is -2.20. The van der Waals surface area contributed by atoms with Gasteiger partial charge in [-0.15, -0.1) is 0 Å². The van der Waals surface area contributed by atoms with Gasteiger partial charge in [0.05, 0.1) is 6.61 Å². The normalized spacial score (nSPS) is 16.1. The van der Waals surface area contributed by atoms with E-state index in [4.69, 9.17) is 4.74 Å². The Balaban J connectivity index is 1.97. The summed E-state index contributed by atoms with van der Waals surface area (Å²) in [5.74, 6) is 0.687. The summed E-state index contributed by atoms with van der Waals surface area (Å²) in [6, 6.07) is 0. The number of esters is 1. The number of ether oxygens (including phenoxy) is 1. The molecule has 0 aliphatic heterocycles. The van der Waals surface area contributed by atoms with Gasteiger partial charge in [0.15, 0.2) is 0 Å². The summed E-state index contributed by atoms with van der Waals surface area (Å²) in [5.41, 5.74) is 0. The van der Waals surface area contributed by atoms with Crippen molar-refractivity contribution in [1.82, 2.24) is 5.32 Å². The highest BCUT2D eigenvalue weighted by Crippen LogP contribution is 2.27. The topological polar surface area (TPSA) is 55.4 Å². The van der Waals surface area contributed by atoms with Crippen molar-refractivity contribution in [1.29, 1.82) is 0 Å². The molecule has 0 atom stereocenters. The molecule has 1 amide bonds. The van der Waals surface area contributed by atoms with Crippen LogP contribution in [0.4, 0.5) is 0 Å². The summed E-state index contributed by atoms with van der Waals surface area (Å²) in [6.45, 7) is 2.79. The molecule has 1 aliphatic rings. The number of hydrogen-bond acceptors (Lipinski definition) is 3. The Labute approximate surface area is 116 Å². The molecule has 1 aliphatic carbocycles. The molecule has 1 rings (SSSR count). The van der Waals surface area contributed by atoms with Crippen molar-refractivity contribution in [2.75, 3.05) is 13.2 Å². The number of amides is 1. The van der Waals surface area contributed by atoms with E-state index >= 15 is 0 Å². The average molecular weight is 269 g/mol. The summed E-state index contributed by atoms with van der Waals surface area (Å²) >= 11 is 0. The predicted molar refractivity (Wildman–Crippen MR) is 74.7 cm³/mol. The molecule has 0 radical (unpaired) electrons. The van der Waals surface area contributed by atoms with Crippen LogP contribution in [0, 0.1) is 5.92 Å². The molecule has 110 valence electrons. The fourth-order valence-electron chi connectivity index (χ4n) is 2.59.